The number of hydrogen-bond acceptors (Lipinski definition) is 4. The zero-order valence-corrected chi connectivity index (χ0v) is 11.6. The van der Waals surface area contributed by atoms with Gasteiger partial charge in [-0.05, 0) is 30.4 Å². The van der Waals surface area contributed by atoms with Crippen molar-refractivity contribution in [3.05, 3.63) is 17.9 Å². The van der Waals surface area contributed by atoms with E-state index < -0.39 is 10.0 Å². The van der Waals surface area contributed by atoms with Crippen LogP contribution in [-0.2, 0) is 16.6 Å². The molecule has 1 atom stereocenters. The predicted molar refractivity (Wildman–Crippen MR) is 68.3 cm³/mol. The number of hydrogen-bond donors (Lipinski definition) is 2. The van der Waals surface area contributed by atoms with Gasteiger partial charge in [0.2, 0.25) is 5.09 Å². The Morgan fingerprint density at radius 1 is 1.50 bits per heavy atom. The maximum atomic E-state index is 12.2. The second-order valence-corrected chi connectivity index (χ2v) is 7.12. The third-order valence-corrected chi connectivity index (χ3v) is 5.00. The van der Waals surface area contributed by atoms with Crippen LogP contribution in [0, 0.1) is 5.41 Å². The Morgan fingerprint density at radius 3 is 2.72 bits per heavy atom. The van der Waals surface area contributed by atoms with Crippen LogP contribution in [0.5, 0.6) is 0 Å². The van der Waals surface area contributed by atoms with E-state index in [1.54, 1.807) is 6.07 Å². The molecule has 18 heavy (non-hydrogen) atoms. The molecule has 1 aromatic heterocycles. The van der Waals surface area contributed by atoms with Crippen molar-refractivity contribution in [3.63, 3.8) is 0 Å². The summed E-state index contributed by atoms with van der Waals surface area (Å²) in [6.45, 7) is 4.37. The highest BCUT2D eigenvalue weighted by Crippen LogP contribution is 2.37. The van der Waals surface area contributed by atoms with Gasteiger partial charge in [-0.25, -0.2) is 13.1 Å². The van der Waals surface area contributed by atoms with Crippen LogP contribution in [0.3, 0.4) is 0 Å². The van der Waals surface area contributed by atoms with Gasteiger partial charge >= 0.3 is 0 Å². The molecule has 0 aliphatic heterocycles. The van der Waals surface area contributed by atoms with E-state index in [0.29, 0.717) is 5.76 Å². The van der Waals surface area contributed by atoms with Crippen LogP contribution in [0.25, 0.3) is 0 Å². The number of sulfonamides is 1. The lowest BCUT2D eigenvalue weighted by atomic mass is 9.88. The monoisotopic (exact) mass is 272 g/mol. The fourth-order valence-electron chi connectivity index (χ4n) is 2.40. The van der Waals surface area contributed by atoms with Crippen LogP contribution in [0.4, 0.5) is 0 Å². The minimum absolute atomic E-state index is 0.00361. The molecule has 0 radical (unpaired) electrons. The van der Waals surface area contributed by atoms with Crippen molar-refractivity contribution in [1.82, 2.24) is 4.72 Å². The lowest BCUT2D eigenvalue weighted by Crippen LogP contribution is -2.41. The molecule has 102 valence electrons. The van der Waals surface area contributed by atoms with Crippen LogP contribution >= 0.6 is 0 Å². The molecular weight excluding hydrogens is 252 g/mol. The molecule has 1 aromatic rings. The molecule has 1 saturated carbocycles. The molecule has 2 rings (SSSR count). The molecule has 0 amide bonds. The molecule has 1 aliphatic carbocycles. The molecule has 3 N–H and O–H groups in total. The minimum Gasteiger partial charge on any atom is -0.447 e. The minimum atomic E-state index is -3.58. The summed E-state index contributed by atoms with van der Waals surface area (Å²) in [5, 5.41) is -0.0503. The van der Waals surface area contributed by atoms with Crippen molar-refractivity contribution in [2.45, 2.75) is 50.8 Å². The summed E-state index contributed by atoms with van der Waals surface area (Å²) in [7, 11) is -3.58. The SMILES string of the molecule is CC1(C)CCCC1NS(=O)(=O)c1ccc(CN)o1. The van der Waals surface area contributed by atoms with Crippen LogP contribution < -0.4 is 10.5 Å². The van der Waals surface area contributed by atoms with E-state index in [-0.39, 0.29) is 23.1 Å². The molecule has 5 nitrogen and oxygen atoms in total. The fraction of sp³-hybridized carbons (Fsp3) is 0.667. The smallest absolute Gasteiger partial charge is 0.274 e. The van der Waals surface area contributed by atoms with Crippen molar-refractivity contribution in [2.75, 3.05) is 0 Å². The molecule has 0 spiro atoms. The Labute approximate surface area is 108 Å². The highest BCUT2D eigenvalue weighted by Gasteiger charge is 2.37. The summed E-state index contributed by atoms with van der Waals surface area (Å²) in [5.41, 5.74) is 5.40. The third-order valence-electron chi connectivity index (χ3n) is 3.66. The van der Waals surface area contributed by atoms with Gasteiger partial charge in [0, 0.05) is 6.04 Å². The van der Waals surface area contributed by atoms with Crippen molar-refractivity contribution >= 4 is 10.0 Å². The number of rotatable bonds is 4. The van der Waals surface area contributed by atoms with Crippen molar-refractivity contribution in [3.8, 4) is 0 Å². The Bertz CT molecular complexity index is 519. The summed E-state index contributed by atoms with van der Waals surface area (Å²) in [6, 6.07) is 3.01. The van der Waals surface area contributed by atoms with Crippen LogP contribution in [-0.4, -0.2) is 14.5 Å². The lowest BCUT2D eigenvalue weighted by Gasteiger charge is -2.27. The van der Waals surface area contributed by atoms with Gasteiger partial charge in [-0.2, -0.15) is 0 Å². The van der Waals surface area contributed by atoms with Gasteiger partial charge in [-0.15, -0.1) is 0 Å². The van der Waals surface area contributed by atoms with Gasteiger partial charge in [0.15, 0.2) is 0 Å². The van der Waals surface area contributed by atoms with E-state index in [1.165, 1.54) is 6.07 Å². The Balaban J connectivity index is 2.17. The van der Waals surface area contributed by atoms with E-state index in [2.05, 4.69) is 18.6 Å². The zero-order chi connectivity index (χ0) is 13.4. The third kappa shape index (κ3) is 2.60. The Morgan fingerprint density at radius 2 is 2.22 bits per heavy atom. The molecule has 1 heterocycles. The van der Waals surface area contributed by atoms with Gasteiger partial charge in [0.05, 0.1) is 6.54 Å². The van der Waals surface area contributed by atoms with Crippen LogP contribution in [0.2, 0.25) is 0 Å². The standard InChI is InChI=1S/C12H20N2O3S/c1-12(2)7-3-4-10(12)14-18(15,16)11-6-5-9(8-13)17-11/h5-6,10,14H,3-4,7-8,13H2,1-2H3. The van der Waals surface area contributed by atoms with Gasteiger partial charge < -0.3 is 10.2 Å². The first-order valence-electron chi connectivity index (χ1n) is 6.16. The van der Waals surface area contributed by atoms with E-state index in [1.807, 2.05) is 0 Å². The fourth-order valence-corrected chi connectivity index (χ4v) is 3.79. The van der Waals surface area contributed by atoms with Crippen molar-refractivity contribution in [1.29, 1.82) is 0 Å². The van der Waals surface area contributed by atoms with Gasteiger partial charge in [0.25, 0.3) is 10.0 Å². The molecule has 0 aromatic carbocycles. The Kier molecular flexibility index (Phi) is 3.53. The highest BCUT2D eigenvalue weighted by molar-refractivity contribution is 7.89. The first-order valence-corrected chi connectivity index (χ1v) is 7.64. The van der Waals surface area contributed by atoms with E-state index in [9.17, 15) is 8.42 Å². The molecule has 6 heteroatoms. The van der Waals surface area contributed by atoms with Gasteiger partial charge in [-0.1, -0.05) is 20.3 Å². The maximum absolute atomic E-state index is 12.2. The maximum Gasteiger partial charge on any atom is 0.274 e. The largest absolute Gasteiger partial charge is 0.447 e. The summed E-state index contributed by atoms with van der Waals surface area (Å²) in [4.78, 5) is 0. The van der Waals surface area contributed by atoms with E-state index in [0.717, 1.165) is 19.3 Å². The van der Waals surface area contributed by atoms with Crippen LogP contribution in [0.15, 0.2) is 21.6 Å². The molecule has 1 aliphatic rings. The average molecular weight is 272 g/mol. The molecule has 1 unspecified atom stereocenters. The summed E-state index contributed by atoms with van der Waals surface area (Å²) in [5.74, 6) is 0.473. The quantitative estimate of drug-likeness (QED) is 0.871. The zero-order valence-electron chi connectivity index (χ0n) is 10.8. The van der Waals surface area contributed by atoms with Gasteiger partial charge in [0.1, 0.15) is 5.76 Å². The summed E-state index contributed by atoms with van der Waals surface area (Å²) in [6.07, 6.45) is 2.95. The first kappa shape index (κ1) is 13.6. The highest BCUT2D eigenvalue weighted by atomic mass is 32.2. The lowest BCUT2D eigenvalue weighted by molar-refractivity contribution is 0.309. The Hall–Kier alpha value is -0.850. The topological polar surface area (TPSA) is 85.3 Å². The van der Waals surface area contributed by atoms with Crippen molar-refractivity contribution in [2.24, 2.45) is 11.1 Å². The number of nitrogens with one attached hydrogen (secondary N) is 1. The number of furan rings is 1. The van der Waals surface area contributed by atoms with Gasteiger partial charge in [-0.3, -0.25) is 0 Å². The second kappa shape index (κ2) is 4.68. The normalized spacial score (nSPS) is 23.4. The summed E-state index contributed by atoms with van der Waals surface area (Å²) >= 11 is 0. The molecule has 0 bridgehead atoms. The summed E-state index contributed by atoms with van der Waals surface area (Å²) < 4.78 is 32.3. The first-order chi connectivity index (χ1) is 8.35. The van der Waals surface area contributed by atoms with E-state index >= 15 is 0 Å². The molecule has 1 fully saturated rings. The average Bonchev–Trinajstić information content (AvgIpc) is 2.86. The second-order valence-electron chi connectivity index (χ2n) is 5.48. The molecular formula is C12H20N2O3S. The van der Waals surface area contributed by atoms with Crippen molar-refractivity contribution < 1.29 is 12.8 Å². The van der Waals surface area contributed by atoms with E-state index in [4.69, 9.17) is 10.2 Å². The number of nitrogens with two attached hydrogens (primary N) is 1. The predicted octanol–water partition coefficient (Wildman–Crippen LogP) is 1.60. The van der Waals surface area contributed by atoms with Crippen LogP contribution in [0.1, 0.15) is 38.9 Å². The molecule has 0 saturated heterocycles.